The number of halogens is 2. The number of hydrogen-bond donors (Lipinski definition) is 2. The maximum Gasteiger partial charge on any atom is 0.138 e. The summed E-state index contributed by atoms with van der Waals surface area (Å²) in [6, 6.07) is 6.86. The molecule has 1 heterocycles. The first kappa shape index (κ1) is 12.1. The molecule has 0 aliphatic rings. The Morgan fingerprint density at radius 3 is 2.76 bits per heavy atom. The molecule has 0 aliphatic heterocycles. The third kappa shape index (κ3) is 2.85. The zero-order valence-corrected chi connectivity index (χ0v) is 11.3. The summed E-state index contributed by atoms with van der Waals surface area (Å²) in [5.41, 5.74) is 2.46. The molecule has 1 aromatic heterocycles. The van der Waals surface area contributed by atoms with Crippen LogP contribution in [0, 0.1) is 9.39 Å². The van der Waals surface area contributed by atoms with Crippen LogP contribution in [0.4, 0.5) is 21.5 Å². The number of benzene rings is 1. The molecule has 0 bridgehead atoms. The van der Waals surface area contributed by atoms with E-state index in [9.17, 15) is 4.39 Å². The lowest BCUT2D eigenvalue weighted by Gasteiger charge is -2.09. The molecule has 17 heavy (non-hydrogen) atoms. The lowest BCUT2D eigenvalue weighted by molar-refractivity contribution is 0.621. The molecule has 0 fully saturated rings. The van der Waals surface area contributed by atoms with E-state index in [0.29, 0.717) is 3.57 Å². The number of hydrogen-bond acceptors (Lipinski definition) is 3. The minimum Gasteiger partial charge on any atom is -0.387 e. The smallest absolute Gasteiger partial charge is 0.138 e. The molecule has 0 amide bonds. The molecule has 0 atom stereocenters. The van der Waals surface area contributed by atoms with Crippen LogP contribution in [0.5, 0.6) is 0 Å². The summed E-state index contributed by atoms with van der Waals surface area (Å²) in [6.07, 6.45) is 3.42. The zero-order chi connectivity index (χ0) is 12.3. The first-order valence-corrected chi connectivity index (χ1v) is 6.12. The Hall–Kier alpha value is -1.37. The van der Waals surface area contributed by atoms with E-state index in [0.717, 1.165) is 17.1 Å². The molecule has 0 saturated heterocycles. The van der Waals surface area contributed by atoms with Gasteiger partial charge in [0, 0.05) is 7.05 Å². The van der Waals surface area contributed by atoms with Crippen molar-refractivity contribution in [2.24, 2.45) is 0 Å². The van der Waals surface area contributed by atoms with Crippen LogP contribution in [0.15, 0.2) is 36.7 Å². The van der Waals surface area contributed by atoms with E-state index in [1.807, 2.05) is 41.8 Å². The molecule has 0 unspecified atom stereocenters. The van der Waals surface area contributed by atoms with Crippen molar-refractivity contribution in [3.05, 3.63) is 46.0 Å². The van der Waals surface area contributed by atoms with Gasteiger partial charge in [0.05, 0.1) is 33.0 Å². The average Bonchev–Trinajstić information content (AvgIpc) is 2.35. The minimum absolute atomic E-state index is 0.228. The fraction of sp³-hybridized carbons (Fsp3) is 0.0833. The standard InChI is InChI=1S/C12H11FIN3/c1-15-8-5-9(7-16-6-8)17-11-4-2-3-10(13)12(11)14/h2-7,15,17H,1H3. The van der Waals surface area contributed by atoms with Gasteiger partial charge in [0.2, 0.25) is 0 Å². The van der Waals surface area contributed by atoms with Crippen LogP contribution in [-0.2, 0) is 0 Å². The fourth-order valence-electron chi connectivity index (χ4n) is 1.40. The third-order valence-corrected chi connectivity index (χ3v) is 3.35. The number of rotatable bonds is 3. The van der Waals surface area contributed by atoms with Crippen molar-refractivity contribution >= 4 is 39.7 Å². The molecule has 2 N–H and O–H groups in total. The second-order valence-electron chi connectivity index (χ2n) is 3.44. The Morgan fingerprint density at radius 1 is 1.24 bits per heavy atom. The predicted octanol–water partition coefficient (Wildman–Crippen LogP) is 3.61. The van der Waals surface area contributed by atoms with Crippen LogP contribution in [0.2, 0.25) is 0 Å². The van der Waals surface area contributed by atoms with Crippen molar-refractivity contribution in [2.45, 2.75) is 0 Å². The van der Waals surface area contributed by atoms with Crippen molar-refractivity contribution in [3.63, 3.8) is 0 Å². The Morgan fingerprint density at radius 2 is 2.00 bits per heavy atom. The van der Waals surface area contributed by atoms with Gasteiger partial charge in [-0.3, -0.25) is 4.98 Å². The quantitative estimate of drug-likeness (QED) is 0.836. The molecule has 0 radical (unpaired) electrons. The van der Waals surface area contributed by atoms with Gasteiger partial charge in [0.15, 0.2) is 0 Å². The lowest BCUT2D eigenvalue weighted by Crippen LogP contribution is -1.97. The molecular formula is C12H11FIN3. The van der Waals surface area contributed by atoms with E-state index in [2.05, 4.69) is 15.6 Å². The largest absolute Gasteiger partial charge is 0.387 e. The number of pyridine rings is 1. The van der Waals surface area contributed by atoms with Gasteiger partial charge in [-0.15, -0.1) is 0 Å². The molecular weight excluding hydrogens is 332 g/mol. The highest BCUT2D eigenvalue weighted by Crippen LogP contribution is 2.25. The SMILES string of the molecule is CNc1cncc(Nc2cccc(F)c2I)c1. The summed E-state index contributed by atoms with van der Waals surface area (Å²) in [5.74, 6) is -0.228. The number of anilines is 3. The number of aromatic nitrogens is 1. The summed E-state index contributed by atoms with van der Waals surface area (Å²) >= 11 is 1.98. The summed E-state index contributed by atoms with van der Waals surface area (Å²) in [5, 5.41) is 6.14. The minimum atomic E-state index is -0.228. The van der Waals surface area contributed by atoms with Crippen LogP contribution >= 0.6 is 22.6 Å². The summed E-state index contributed by atoms with van der Waals surface area (Å²) < 4.78 is 13.9. The van der Waals surface area contributed by atoms with Gasteiger partial charge in [-0.1, -0.05) is 6.07 Å². The van der Waals surface area contributed by atoms with E-state index in [4.69, 9.17) is 0 Å². The fourth-order valence-corrected chi connectivity index (χ4v) is 1.90. The van der Waals surface area contributed by atoms with Crippen molar-refractivity contribution in [3.8, 4) is 0 Å². The van der Waals surface area contributed by atoms with E-state index >= 15 is 0 Å². The molecule has 0 saturated carbocycles. The first-order valence-electron chi connectivity index (χ1n) is 5.04. The topological polar surface area (TPSA) is 37.0 Å². The van der Waals surface area contributed by atoms with Crippen molar-refractivity contribution in [2.75, 3.05) is 17.7 Å². The van der Waals surface area contributed by atoms with E-state index in [1.54, 1.807) is 18.5 Å². The van der Waals surface area contributed by atoms with Gasteiger partial charge in [0.25, 0.3) is 0 Å². The molecule has 2 rings (SSSR count). The van der Waals surface area contributed by atoms with E-state index in [-0.39, 0.29) is 5.82 Å². The Labute approximate surface area is 113 Å². The van der Waals surface area contributed by atoms with Gasteiger partial charge in [-0.25, -0.2) is 4.39 Å². The molecule has 88 valence electrons. The van der Waals surface area contributed by atoms with Gasteiger partial charge in [-0.2, -0.15) is 0 Å². The Balaban J connectivity index is 2.28. The van der Waals surface area contributed by atoms with Crippen LogP contribution in [0.25, 0.3) is 0 Å². The van der Waals surface area contributed by atoms with Crippen molar-refractivity contribution < 1.29 is 4.39 Å². The third-order valence-electron chi connectivity index (χ3n) is 2.26. The molecule has 0 aliphatic carbocycles. The highest BCUT2D eigenvalue weighted by Gasteiger charge is 2.05. The number of nitrogens with zero attached hydrogens (tertiary/aromatic N) is 1. The molecule has 3 nitrogen and oxygen atoms in total. The van der Waals surface area contributed by atoms with Crippen LogP contribution in [-0.4, -0.2) is 12.0 Å². The van der Waals surface area contributed by atoms with Crippen LogP contribution < -0.4 is 10.6 Å². The molecule has 2 aromatic rings. The van der Waals surface area contributed by atoms with Gasteiger partial charge in [-0.05, 0) is 40.8 Å². The van der Waals surface area contributed by atoms with Crippen molar-refractivity contribution in [1.82, 2.24) is 4.98 Å². The van der Waals surface area contributed by atoms with Gasteiger partial charge < -0.3 is 10.6 Å². The summed E-state index contributed by atoms with van der Waals surface area (Å²) in [7, 11) is 1.83. The van der Waals surface area contributed by atoms with Crippen molar-refractivity contribution in [1.29, 1.82) is 0 Å². The molecule has 5 heteroatoms. The monoisotopic (exact) mass is 343 g/mol. The average molecular weight is 343 g/mol. The Bertz CT molecular complexity index is 531. The highest BCUT2D eigenvalue weighted by atomic mass is 127. The normalized spacial score (nSPS) is 10.1. The highest BCUT2D eigenvalue weighted by molar-refractivity contribution is 14.1. The second kappa shape index (κ2) is 5.31. The zero-order valence-electron chi connectivity index (χ0n) is 9.17. The first-order chi connectivity index (χ1) is 8.20. The summed E-state index contributed by atoms with van der Waals surface area (Å²) in [6.45, 7) is 0. The molecule has 0 spiro atoms. The molecule has 1 aromatic carbocycles. The van der Waals surface area contributed by atoms with Crippen LogP contribution in [0.3, 0.4) is 0 Å². The lowest BCUT2D eigenvalue weighted by atomic mass is 10.3. The summed E-state index contributed by atoms with van der Waals surface area (Å²) in [4.78, 5) is 4.08. The Kier molecular flexibility index (Phi) is 3.78. The van der Waals surface area contributed by atoms with E-state index in [1.165, 1.54) is 6.07 Å². The van der Waals surface area contributed by atoms with Gasteiger partial charge in [0.1, 0.15) is 5.82 Å². The van der Waals surface area contributed by atoms with E-state index < -0.39 is 0 Å². The van der Waals surface area contributed by atoms with Gasteiger partial charge >= 0.3 is 0 Å². The maximum atomic E-state index is 13.4. The number of nitrogens with one attached hydrogen (secondary N) is 2. The predicted molar refractivity (Wildman–Crippen MR) is 76.2 cm³/mol. The second-order valence-corrected chi connectivity index (χ2v) is 4.52. The maximum absolute atomic E-state index is 13.4. The van der Waals surface area contributed by atoms with Crippen LogP contribution in [0.1, 0.15) is 0 Å².